The van der Waals surface area contributed by atoms with Gasteiger partial charge in [0.05, 0.1) is 36.1 Å². The maximum absolute atomic E-state index is 12.3. The van der Waals surface area contributed by atoms with Crippen molar-refractivity contribution in [3.05, 3.63) is 0 Å². The molecule has 260 valence electrons. The molecule has 0 spiro atoms. The van der Waals surface area contributed by atoms with Gasteiger partial charge in [0.25, 0.3) is 0 Å². The second kappa shape index (κ2) is 11.1. The average molecular weight is 639 g/mol. The van der Waals surface area contributed by atoms with Crippen molar-refractivity contribution in [2.45, 2.75) is 173 Å². The molecule has 6 N–H and O–H groups in total. The van der Waals surface area contributed by atoms with Gasteiger partial charge in [-0.25, -0.2) is 0 Å². The second-order valence-corrected chi connectivity index (χ2v) is 18.3. The minimum Gasteiger partial charge on any atom is -0.394 e. The molecule has 0 aromatic rings. The molecule has 0 amide bonds. The summed E-state index contributed by atoms with van der Waals surface area (Å²) in [6, 6.07) is 0. The minimum absolute atomic E-state index is 0.0407. The second-order valence-electron chi connectivity index (χ2n) is 18.3. The van der Waals surface area contributed by atoms with Crippen LogP contribution in [-0.2, 0) is 14.2 Å². The fourth-order valence-corrected chi connectivity index (χ4v) is 12.7. The molecule has 0 radical (unpaired) electrons. The molecular weight excluding hydrogens is 576 g/mol. The van der Waals surface area contributed by atoms with E-state index in [1.807, 2.05) is 13.8 Å². The van der Waals surface area contributed by atoms with Gasteiger partial charge in [0.2, 0.25) is 0 Å². The van der Waals surface area contributed by atoms with Crippen molar-refractivity contribution < 1.29 is 44.8 Å². The summed E-state index contributed by atoms with van der Waals surface area (Å²) in [5.41, 5.74) is -1.55. The van der Waals surface area contributed by atoms with E-state index >= 15 is 0 Å². The molecule has 45 heavy (non-hydrogen) atoms. The summed E-state index contributed by atoms with van der Waals surface area (Å²) >= 11 is 0. The lowest BCUT2D eigenvalue weighted by atomic mass is 9.35. The minimum atomic E-state index is -1.47. The third-order valence-corrected chi connectivity index (χ3v) is 15.3. The number of hydrogen-bond acceptors (Lipinski definition) is 9. The number of rotatable bonds is 5. The van der Waals surface area contributed by atoms with Gasteiger partial charge in [-0.1, -0.05) is 34.6 Å². The third kappa shape index (κ3) is 4.95. The SMILES string of the molecule is CC(C)(O)[C@H]1CC[C@@](C)([C@H]2CC[C@@]3(C)[C@H]2C[C@H](O)C2[C@@]4(C)CC[C@@H](O[C@@H]5O[C@H](CO)[C@@H](O)[C@H](O)[C@H]5O)C(C)(C)C4CC[C@]23C)O1. The summed E-state index contributed by atoms with van der Waals surface area (Å²) in [7, 11) is 0. The molecule has 16 atom stereocenters. The van der Waals surface area contributed by atoms with Crippen LogP contribution in [-0.4, -0.2) is 97.5 Å². The highest BCUT2D eigenvalue weighted by Gasteiger charge is 2.72. The van der Waals surface area contributed by atoms with E-state index in [0.29, 0.717) is 11.8 Å². The molecule has 6 fully saturated rings. The van der Waals surface area contributed by atoms with Crippen molar-refractivity contribution in [2.24, 2.45) is 45.3 Å². The number of aliphatic hydroxyl groups is 6. The molecule has 0 aromatic carbocycles. The Morgan fingerprint density at radius 3 is 2.07 bits per heavy atom. The van der Waals surface area contributed by atoms with Crippen LogP contribution in [0.2, 0.25) is 0 Å². The zero-order valence-corrected chi connectivity index (χ0v) is 28.9. The van der Waals surface area contributed by atoms with Crippen LogP contribution < -0.4 is 0 Å². The van der Waals surface area contributed by atoms with Gasteiger partial charge < -0.3 is 44.8 Å². The molecule has 2 unspecified atom stereocenters. The van der Waals surface area contributed by atoms with E-state index in [0.717, 1.165) is 57.8 Å². The standard InChI is InChI=1S/C36H62O9/c1-31(2)23-10-15-35(7)29(33(23,5)13-11-24(31)44-30-28(41)27(40)26(39)22(18-37)43-30)21(38)17-20-19(9-14-34(20,35)6)36(8)16-12-25(45-36)32(3,4)42/h19-30,37-42H,9-18H2,1-8H3/t19-,20-,21-,22+,23?,24+,25+,26+,27-,28+,29?,30-,33-,34-,35+,36-/m0/s1. The van der Waals surface area contributed by atoms with E-state index in [1.165, 1.54) is 0 Å². The summed E-state index contributed by atoms with van der Waals surface area (Å²) in [5.74, 6) is 1.12. The van der Waals surface area contributed by atoms with Crippen molar-refractivity contribution in [3.8, 4) is 0 Å². The van der Waals surface area contributed by atoms with Crippen molar-refractivity contribution in [2.75, 3.05) is 6.61 Å². The van der Waals surface area contributed by atoms with Crippen molar-refractivity contribution in [3.63, 3.8) is 0 Å². The normalized spacial score (nSPS) is 56.4. The first kappa shape index (κ1) is 34.5. The van der Waals surface area contributed by atoms with Crippen LogP contribution in [0.1, 0.15) is 113 Å². The Kier molecular flexibility index (Phi) is 8.49. The first-order valence-electron chi connectivity index (χ1n) is 17.8. The Morgan fingerprint density at radius 1 is 0.778 bits per heavy atom. The van der Waals surface area contributed by atoms with E-state index in [-0.39, 0.29) is 51.3 Å². The number of hydrogen-bond donors (Lipinski definition) is 6. The topological polar surface area (TPSA) is 149 Å². The van der Waals surface area contributed by atoms with Gasteiger partial charge in [-0.2, -0.15) is 0 Å². The van der Waals surface area contributed by atoms with Crippen LogP contribution in [0.4, 0.5) is 0 Å². The van der Waals surface area contributed by atoms with E-state index in [1.54, 1.807) is 0 Å². The summed E-state index contributed by atoms with van der Waals surface area (Å²) in [6.07, 6.45) is 1.15. The van der Waals surface area contributed by atoms with Crippen LogP contribution in [0.25, 0.3) is 0 Å². The molecular formula is C36H62O9. The van der Waals surface area contributed by atoms with Crippen molar-refractivity contribution >= 4 is 0 Å². The summed E-state index contributed by atoms with van der Waals surface area (Å²) in [4.78, 5) is 0. The predicted molar refractivity (Wildman–Crippen MR) is 168 cm³/mol. The lowest BCUT2D eigenvalue weighted by molar-refractivity contribution is -0.333. The van der Waals surface area contributed by atoms with Crippen molar-refractivity contribution in [1.82, 2.24) is 0 Å². The van der Waals surface area contributed by atoms with Crippen LogP contribution in [0.15, 0.2) is 0 Å². The third-order valence-electron chi connectivity index (χ3n) is 15.3. The van der Waals surface area contributed by atoms with Crippen LogP contribution in [0, 0.1) is 45.3 Å². The Labute approximate surface area is 270 Å². The van der Waals surface area contributed by atoms with Gasteiger partial charge in [0.15, 0.2) is 6.29 Å². The molecule has 6 aliphatic rings. The largest absolute Gasteiger partial charge is 0.394 e. The molecule has 2 aliphatic heterocycles. The summed E-state index contributed by atoms with van der Waals surface area (Å²) in [5, 5.41) is 64.0. The molecule has 4 saturated carbocycles. The Hall–Kier alpha value is -0.360. The van der Waals surface area contributed by atoms with Crippen molar-refractivity contribution in [1.29, 1.82) is 0 Å². The fourth-order valence-electron chi connectivity index (χ4n) is 12.7. The van der Waals surface area contributed by atoms with Gasteiger partial charge in [0.1, 0.15) is 24.4 Å². The number of ether oxygens (including phenoxy) is 3. The van der Waals surface area contributed by atoms with Crippen LogP contribution in [0.5, 0.6) is 0 Å². The average Bonchev–Trinajstić information content (AvgIpc) is 3.52. The monoisotopic (exact) mass is 638 g/mol. The number of fused-ring (bicyclic) bond motifs is 5. The Balaban J connectivity index is 1.24. The molecule has 0 bridgehead atoms. The van der Waals surface area contributed by atoms with Gasteiger partial charge in [0, 0.05) is 0 Å². The summed E-state index contributed by atoms with van der Waals surface area (Å²) in [6.45, 7) is 17.3. The predicted octanol–water partition coefficient (Wildman–Crippen LogP) is 3.54. The molecule has 6 rings (SSSR count). The van der Waals surface area contributed by atoms with Crippen LogP contribution in [0.3, 0.4) is 0 Å². The van der Waals surface area contributed by atoms with E-state index in [2.05, 4.69) is 41.5 Å². The first-order chi connectivity index (χ1) is 20.7. The first-order valence-corrected chi connectivity index (χ1v) is 17.8. The maximum atomic E-state index is 12.3. The van der Waals surface area contributed by atoms with Gasteiger partial charge in [-0.15, -0.1) is 0 Å². The number of aliphatic hydroxyl groups excluding tert-OH is 5. The highest BCUT2D eigenvalue weighted by Crippen LogP contribution is 2.76. The van der Waals surface area contributed by atoms with Gasteiger partial charge in [-0.05, 0) is 124 Å². The molecule has 0 aromatic heterocycles. The highest BCUT2D eigenvalue weighted by molar-refractivity contribution is 5.21. The van der Waals surface area contributed by atoms with E-state index < -0.39 is 49.0 Å². The van der Waals surface area contributed by atoms with Gasteiger partial charge in [-0.3, -0.25) is 0 Å². The summed E-state index contributed by atoms with van der Waals surface area (Å²) < 4.78 is 18.9. The van der Waals surface area contributed by atoms with E-state index in [9.17, 15) is 30.6 Å². The molecule has 2 heterocycles. The Bertz CT molecular complexity index is 1110. The molecule has 9 heteroatoms. The highest BCUT2D eigenvalue weighted by atomic mass is 16.7. The van der Waals surface area contributed by atoms with E-state index in [4.69, 9.17) is 14.2 Å². The molecule has 2 saturated heterocycles. The Morgan fingerprint density at radius 2 is 1.44 bits per heavy atom. The molecule has 4 aliphatic carbocycles. The zero-order chi connectivity index (χ0) is 33.1. The van der Waals surface area contributed by atoms with Crippen LogP contribution >= 0.6 is 0 Å². The van der Waals surface area contributed by atoms with Gasteiger partial charge >= 0.3 is 0 Å². The maximum Gasteiger partial charge on any atom is 0.186 e. The lowest BCUT2D eigenvalue weighted by Gasteiger charge is -2.71. The molecule has 9 nitrogen and oxygen atoms in total. The fraction of sp³-hybridized carbons (Fsp3) is 1.00. The lowest BCUT2D eigenvalue weighted by Crippen LogP contribution is -2.68. The zero-order valence-electron chi connectivity index (χ0n) is 28.9. The smallest absolute Gasteiger partial charge is 0.186 e. The quantitative estimate of drug-likeness (QED) is 0.249.